The zero-order valence-electron chi connectivity index (χ0n) is 11.2. The van der Waals surface area contributed by atoms with Crippen LogP contribution in [0.25, 0.3) is 0 Å². The van der Waals surface area contributed by atoms with Crippen molar-refractivity contribution in [1.29, 1.82) is 0 Å². The number of thiol groups is 1. The summed E-state index contributed by atoms with van der Waals surface area (Å²) < 4.78 is 5.07. The number of hydrogen-bond acceptors (Lipinski definition) is 6. The van der Waals surface area contributed by atoms with Crippen molar-refractivity contribution < 1.29 is 14.5 Å². The van der Waals surface area contributed by atoms with Crippen LogP contribution in [0.15, 0.2) is 24.3 Å². The van der Waals surface area contributed by atoms with E-state index in [0.29, 0.717) is 22.6 Å². The van der Waals surface area contributed by atoms with Crippen LogP contribution in [-0.4, -0.2) is 33.8 Å². The van der Waals surface area contributed by atoms with Crippen molar-refractivity contribution in [3.63, 3.8) is 0 Å². The minimum atomic E-state index is -0.475. The van der Waals surface area contributed by atoms with Gasteiger partial charge in [0, 0.05) is 34.9 Å². The first-order valence-electron chi connectivity index (χ1n) is 6.48. The summed E-state index contributed by atoms with van der Waals surface area (Å²) in [6, 6.07) is 5.92. The molecular formula is C13H16N2O4S2. The third-order valence-corrected chi connectivity index (χ3v) is 5.12. The number of nitro benzene ring substituents is 1. The van der Waals surface area contributed by atoms with E-state index >= 15 is 0 Å². The van der Waals surface area contributed by atoms with E-state index in [1.807, 2.05) is 0 Å². The summed E-state index contributed by atoms with van der Waals surface area (Å²) in [5.41, 5.74) is 0.726. The van der Waals surface area contributed by atoms with E-state index < -0.39 is 11.0 Å². The SMILES string of the molecule is O=C(NCC1CC(S)CS1)OCc1ccc([N+](=O)[O-])cc1. The summed E-state index contributed by atoms with van der Waals surface area (Å²) in [6.45, 7) is 0.664. The molecule has 1 fully saturated rings. The highest BCUT2D eigenvalue weighted by molar-refractivity contribution is 8.01. The fourth-order valence-corrected chi connectivity index (χ4v) is 3.80. The highest BCUT2D eigenvalue weighted by atomic mass is 32.2. The number of rotatable bonds is 5. The Labute approximate surface area is 132 Å². The average Bonchev–Trinajstić information content (AvgIpc) is 2.89. The van der Waals surface area contributed by atoms with Crippen LogP contribution in [0.1, 0.15) is 12.0 Å². The fraction of sp³-hybridized carbons (Fsp3) is 0.462. The summed E-state index contributed by atoms with van der Waals surface area (Å²) >= 11 is 6.20. The van der Waals surface area contributed by atoms with Crippen LogP contribution in [0.4, 0.5) is 10.5 Å². The number of nitro groups is 1. The predicted octanol–water partition coefficient (Wildman–Crippen LogP) is 2.62. The quantitative estimate of drug-likeness (QED) is 0.493. The Balaban J connectivity index is 1.69. The topological polar surface area (TPSA) is 81.5 Å². The van der Waals surface area contributed by atoms with Gasteiger partial charge < -0.3 is 10.1 Å². The van der Waals surface area contributed by atoms with Crippen LogP contribution in [0.3, 0.4) is 0 Å². The molecule has 0 aromatic heterocycles. The third-order valence-electron chi connectivity index (χ3n) is 3.05. The molecule has 0 saturated carbocycles. The lowest BCUT2D eigenvalue weighted by molar-refractivity contribution is -0.384. The van der Waals surface area contributed by atoms with E-state index in [2.05, 4.69) is 17.9 Å². The van der Waals surface area contributed by atoms with Gasteiger partial charge in [-0.2, -0.15) is 24.4 Å². The van der Waals surface area contributed by atoms with Crippen LogP contribution >= 0.6 is 24.4 Å². The van der Waals surface area contributed by atoms with Crippen LogP contribution < -0.4 is 5.32 Å². The Morgan fingerprint density at radius 2 is 2.19 bits per heavy atom. The first-order valence-corrected chi connectivity index (χ1v) is 8.04. The van der Waals surface area contributed by atoms with Gasteiger partial charge in [0.2, 0.25) is 0 Å². The number of carbonyl (C=O) groups is 1. The molecular weight excluding hydrogens is 312 g/mol. The second-order valence-electron chi connectivity index (χ2n) is 4.73. The lowest BCUT2D eigenvalue weighted by Crippen LogP contribution is -2.30. The monoisotopic (exact) mass is 328 g/mol. The standard InChI is InChI=1S/C13H16N2O4S2/c16-13(14-6-12-5-11(20)8-21-12)19-7-9-1-3-10(4-2-9)15(17)18/h1-4,11-12,20H,5-8H2,(H,14,16). The van der Waals surface area contributed by atoms with E-state index in [9.17, 15) is 14.9 Å². The molecule has 0 aliphatic carbocycles. The molecule has 0 spiro atoms. The van der Waals surface area contributed by atoms with Gasteiger partial charge in [0.05, 0.1) is 4.92 Å². The Morgan fingerprint density at radius 1 is 1.48 bits per heavy atom. The van der Waals surface area contributed by atoms with Crippen LogP contribution in [0.5, 0.6) is 0 Å². The summed E-state index contributed by atoms with van der Waals surface area (Å²) in [7, 11) is 0. The van der Waals surface area contributed by atoms with Crippen LogP contribution in [0, 0.1) is 10.1 Å². The molecule has 0 bridgehead atoms. The lowest BCUT2D eigenvalue weighted by Gasteiger charge is -2.10. The van der Waals surface area contributed by atoms with E-state index in [1.165, 1.54) is 12.1 Å². The summed E-state index contributed by atoms with van der Waals surface area (Å²) in [4.78, 5) is 21.6. The number of nitrogens with one attached hydrogen (secondary N) is 1. The molecule has 1 saturated heterocycles. The molecule has 1 heterocycles. The molecule has 21 heavy (non-hydrogen) atoms. The summed E-state index contributed by atoms with van der Waals surface area (Å²) in [5, 5.41) is 14.0. The number of hydrogen-bond donors (Lipinski definition) is 2. The van der Waals surface area contributed by atoms with Crippen molar-refractivity contribution in [2.45, 2.75) is 23.5 Å². The van der Waals surface area contributed by atoms with Gasteiger partial charge in [-0.25, -0.2) is 4.79 Å². The third kappa shape index (κ3) is 5.13. The second-order valence-corrected chi connectivity index (χ2v) is 6.79. The van der Waals surface area contributed by atoms with Gasteiger partial charge in [-0.15, -0.1) is 0 Å². The first kappa shape index (κ1) is 16.0. The highest BCUT2D eigenvalue weighted by Gasteiger charge is 2.22. The zero-order valence-corrected chi connectivity index (χ0v) is 12.9. The van der Waals surface area contributed by atoms with Crippen LogP contribution in [0.2, 0.25) is 0 Å². The Kier molecular flexibility index (Phi) is 5.75. The molecule has 2 unspecified atom stereocenters. The van der Waals surface area contributed by atoms with Gasteiger partial charge in [-0.05, 0) is 24.1 Å². The minimum absolute atomic E-state index is 0.0165. The molecule has 1 N–H and O–H groups in total. The number of ether oxygens (including phenoxy) is 1. The van der Waals surface area contributed by atoms with Gasteiger partial charge in [0.25, 0.3) is 5.69 Å². The second kappa shape index (κ2) is 7.56. The number of alkyl carbamates (subject to hydrolysis) is 1. The number of carbonyl (C=O) groups excluding carboxylic acids is 1. The maximum atomic E-state index is 11.6. The van der Waals surface area contributed by atoms with Gasteiger partial charge in [0.1, 0.15) is 6.61 Å². The number of benzene rings is 1. The number of thioether (sulfide) groups is 1. The molecule has 2 rings (SSSR count). The zero-order chi connectivity index (χ0) is 15.2. The molecule has 6 nitrogen and oxygen atoms in total. The largest absolute Gasteiger partial charge is 0.445 e. The molecule has 8 heteroatoms. The molecule has 114 valence electrons. The molecule has 2 atom stereocenters. The fourth-order valence-electron chi connectivity index (χ4n) is 1.94. The Bertz CT molecular complexity index is 509. The molecule has 1 amide bonds. The van der Waals surface area contributed by atoms with E-state index in [-0.39, 0.29) is 12.3 Å². The molecule has 1 aromatic rings. The van der Waals surface area contributed by atoms with Gasteiger partial charge >= 0.3 is 6.09 Å². The van der Waals surface area contributed by atoms with E-state index in [4.69, 9.17) is 4.74 Å². The smallest absolute Gasteiger partial charge is 0.407 e. The summed E-state index contributed by atoms with van der Waals surface area (Å²) in [6.07, 6.45) is 0.507. The molecule has 1 aromatic carbocycles. The lowest BCUT2D eigenvalue weighted by atomic mass is 10.2. The Hall–Kier alpha value is -1.41. The van der Waals surface area contributed by atoms with Gasteiger partial charge in [0.15, 0.2) is 0 Å². The maximum absolute atomic E-state index is 11.6. The minimum Gasteiger partial charge on any atom is -0.445 e. The van der Waals surface area contributed by atoms with Crippen molar-refractivity contribution in [1.82, 2.24) is 5.32 Å². The summed E-state index contributed by atoms with van der Waals surface area (Å²) in [5.74, 6) is 1.01. The van der Waals surface area contributed by atoms with Gasteiger partial charge in [-0.1, -0.05) is 0 Å². The van der Waals surface area contributed by atoms with Gasteiger partial charge in [-0.3, -0.25) is 10.1 Å². The highest BCUT2D eigenvalue weighted by Crippen LogP contribution is 2.29. The van der Waals surface area contributed by atoms with E-state index in [1.54, 1.807) is 23.9 Å². The van der Waals surface area contributed by atoms with Crippen molar-refractivity contribution in [2.75, 3.05) is 12.3 Å². The van der Waals surface area contributed by atoms with E-state index in [0.717, 1.165) is 12.2 Å². The average molecular weight is 328 g/mol. The van der Waals surface area contributed by atoms with Crippen molar-refractivity contribution in [2.24, 2.45) is 0 Å². The molecule has 1 aliphatic rings. The first-order chi connectivity index (χ1) is 10.0. The number of nitrogens with zero attached hydrogens (tertiary/aromatic N) is 1. The van der Waals surface area contributed by atoms with Crippen molar-refractivity contribution in [3.8, 4) is 0 Å². The van der Waals surface area contributed by atoms with Crippen LogP contribution in [-0.2, 0) is 11.3 Å². The van der Waals surface area contributed by atoms with Crippen molar-refractivity contribution in [3.05, 3.63) is 39.9 Å². The maximum Gasteiger partial charge on any atom is 0.407 e. The predicted molar refractivity (Wildman–Crippen MR) is 84.9 cm³/mol. The normalized spacial score (nSPS) is 21.0. The Morgan fingerprint density at radius 3 is 2.76 bits per heavy atom. The number of non-ortho nitro benzene ring substituents is 1. The number of amides is 1. The molecule has 0 radical (unpaired) electrons. The molecule has 1 aliphatic heterocycles. The van der Waals surface area contributed by atoms with Crippen molar-refractivity contribution >= 4 is 36.2 Å².